The fourth-order valence-corrected chi connectivity index (χ4v) is 5.50. The van der Waals surface area contributed by atoms with E-state index in [2.05, 4.69) is 10.2 Å². The number of hydrogen-bond acceptors (Lipinski definition) is 6. The van der Waals surface area contributed by atoms with Gasteiger partial charge in [-0.15, -0.1) is 0 Å². The highest BCUT2D eigenvalue weighted by Crippen LogP contribution is 2.38. The maximum Gasteiger partial charge on any atom is 0.303 e. The van der Waals surface area contributed by atoms with Gasteiger partial charge in [-0.1, -0.05) is 62.1 Å². The van der Waals surface area contributed by atoms with E-state index in [1.54, 1.807) is 0 Å². The lowest BCUT2D eigenvalue weighted by Crippen LogP contribution is -2.40. The molecule has 0 spiro atoms. The van der Waals surface area contributed by atoms with Gasteiger partial charge in [-0.05, 0) is 62.0 Å². The lowest BCUT2D eigenvalue weighted by molar-refractivity contribution is -0.253. The lowest BCUT2D eigenvalue weighted by Gasteiger charge is -2.38. The summed E-state index contributed by atoms with van der Waals surface area (Å²) in [5, 5.41) is 21.1. The summed E-state index contributed by atoms with van der Waals surface area (Å²) in [6, 6.07) is 15.6. The van der Waals surface area contributed by atoms with Crippen LogP contribution in [0.15, 0.2) is 48.5 Å². The maximum absolute atomic E-state index is 12.3. The van der Waals surface area contributed by atoms with Gasteiger partial charge in [0.1, 0.15) is 0 Å². The number of carboxylic acids is 1. The second-order valence-corrected chi connectivity index (χ2v) is 11.0. The summed E-state index contributed by atoms with van der Waals surface area (Å²) in [6.07, 6.45) is 9.02. The standard InChI is InChI=1S/C32H44N2O6/c35-23-24-11-13-25(14-12-24)29-21-28(22-34-19-7-2-1-3-8-20-34)39-32(40-29)26-15-17-27(18-16-26)33-30(36)9-5-4-6-10-31(37)38/h11-18,28-29,32,35H,1-10,19-23H2,(H,33,36)(H,37,38). The van der Waals surface area contributed by atoms with Crippen molar-refractivity contribution >= 4 is 17.6 Å². The number of rotatable bonds is 12. The minimum absolute atomic E-state index is 0.0166. The Morgan fingerprint density at radius 1 is 0.825 bits per heavy atom. The summed E-state index contributed by atoms with van der Waals surface area (Å²) < 4.78 is 13.0. The molecular formula is C32H44N2O6. The van der Waals surface area contributed by atoms with Gasteiger partial charge >= 0.3 is 5.97 Å². The first-order valence-corrected chi connectivity index (χ1v) is 14.8. The minimum Gasteiger partial charge on any atom is -0.481 e. The van der Waals surface area contributed by atoms with Crippen molar-refractivity contribution in [2.24, 2.45) is 0 Å². The molecule has 2 aliphatic rings. The van der Waals surface area contributed by atoms with Crippen LogP contribution in [0.3, 0.4) is 0 Å². The van der Waals surface area contributed by atoms with Gasteiger partial charge in [0.05, 0.1) is 18.8 Å². The van der Waals surface area contributed by atoms with Crippen LogP contribution in [-0.4, -0.2) is 52.7 Å². The second-order valence-electron chi connectivity index (χ2n) is 11.0. The van der Waals surface area contributed by atoms with Crippen molar-refractivity contribution < 1.29 is 29.3 Å². The van der Waals surface area contributed by atoms with Gasteiger partial charge in [0.25, 0.3) is 0 Å². The highest BCUT2D eigenvalue weighted by molar-refractivity contribution is 5.90. The first-order chi connectivity index (χ1) is 19.5. The number of aliphatic hydroxyl groups is 1. The number of likely N-dealkylation sites (tertiary alicyclic amines) is 1. The average Bonchev–Trinajstić information content (AvgIpc) is 2.94. The first-order valence-electron chi connectivity index (χ1n) is 14.8. The summed E-state index contributed by atoms with van der Waals surface area (Å²) >= 11 is 0. The largest absolute Gasteiger partial charge is 0.481 e. The normalized spacial score (nSPS) is 22.3. The van der Waals surface area contributed by atoms with Crippen LogP contribution >= 0.6 is 0 Å². The third-order valence-corrected chi connectivity index (χ3v) is 7.79. The first kappa shape index (κ1) is 30.2. The number of carboxylic acid groups (broad SMARTS) is 1. The lowest BCUT2D eigenvalue weighted by atomic mass is 9.99. The zero-order valence-electron chi connectivity index (χ0n) is 23.4. The molecule has 3 N–H and O–H groups in total. The molecule has 0 saturated carbocycles. The second kappa shape index (κ2) is 15.9. The van der Waals surface area contributed by atoms with Crippen molar-refractivity contribution in [3.63, 3.8) is 0 Å². The topological polar surface area (TPSA) is 108 Å². The zero-order valence-corrected chi connectivity index (χ0v) is 23.4. The van der Waals surface area contributed by atoms with E-state index in [0.717, 1.165) is 49.2 Å². The Hall–Kier alpha value is -2.78. The Balaban J connectivity index is 1.38. The Labute approximate surface area is 237 Å². The molecule has 0 radical (unpaired) electrons. The SMILES string of the molecule is O=C(O)CCCCCC(=O)Nc1ccc(C2OC(CN3CCCCCCC3)CC(c3ccc(CO)cc3)O2)cc1. The number of ether oxygens (including phenoxy) is 2. The summed E-state index contributed by atoms with van der Waals surface area (Å²) in [6.45, 7) is 3.11. The van der Waals surface area contributed by atoms with Crippen LogP contribution in [-0.2, 0) is 25.7 Å². The molecule has 0 bridgehead atoms. The van der Waals surface area contributed by atoms with E-state index in [9.17, 15) is 14.7 Å². The summed E-state index contributed by atoms with van der Waals surface area (Å²) in [5.41, 5.74) is 3.57. The molecule has 2 aliphatic heterocycles. The average molecular weight is 553 g/mol. The molecule has 1 amide bonds. The van der Waals surface area contributed by atoms with E-state index < -0.39 is 12.3 Å². The quantitative estimate of drug-likeness (QED) is 0.279. The third kappa shape index (κ3) is 9.70. The Kier molecular flexibility index (Phi) is 12.0. The Morgan fingerprint density at radius 3 is 2.15 bits per heavy atom. The predicted molar refractivity (Wildman–Crippen MR) is 154 cm³/mol. The van der Waals surface area contributed by atoms with Crippen LogP contribution in [0.4, 0.5) is 5.69 Å². The van der Waals surface area contributed by atoms with Gasteiger partial charge in [0.2, 0.25) is 5.91 Å². The summed E-state index contributed by atoms with van der Waals surface area (Å²) in [5.74, 6) is -0.877. The van der Waals surface area contributed by atoms with Crippen LogP contribution in [0.25, 0.3) is 0 Å². The molecule has 4 rings (SSSR count). The smallest absolute Gasteiger partial charge is 0.303 e. The zero-order chi connectivity index (χ0) is 28.2. The molecule has 0 aromatic heterocycles. The molecule has 3 unspecified atom stereocenters. The summed E-state index contributed by atoms with van der Waals surface area (Å²) in [7, 11) is 0. The molecule has 8 nitrogen and oxygen atoms in total. The van der Waals surface area contributed by atoms with Crippen LogP contribution < -0.4 is 5.32 Å². The molecule has 2 heterocycles. The molecule has 0 aliphatic carbocycles. The van der Waals surface area contributed by atoms with E-state index in [4.69, 9.17) is 14.6 Å². The summed E-state index contributed by atoms with van der Waals surface area (Å²) in [4.78, 5) is 25.5. The van der Waals surface area contributed by atoms with E-state index in [1.807, 2.05) is 48.5 Å². The van der Waals surface area contributed by atoms with Crippen LogP contribution in [0, 0.1) is 0 Å². The number of carbonyl (C=O) groups excluding carboxylic acids is 1. The monoisotopic (exact) mass is 552 g/mol. The highest BCUT2D eigenvalue weighted by Gasteiger charge is 2.33. The number of carbonyl (C=O) groups is 2. The minimum atomic E-state index is -0.801. The molecule has 3 atom stereocenters. The van der Waals surface area contributed by atoms with Crippen molar-refractivity contribution in [1.29, 1.82) is 0 Å². The van der Waals surface area contributed by atoms with Crippen LogP contribution in [0.1, 0.15) is 99.7 Å². The fourth-order valence-electron chi connectivity index (χ4n) is 5.50. The van der Waals surface area contributed by atoms with Gasteiger partial charge in [-0.3, -0.25) is 9.59 Å². The molecule has 8 heteroatoms. The number of anilines is 1. The maximum atomic E-state index is 12.3. The number of nitrogens with zero attached hydrogens (tertiary/aromatic N) is 1. The number of hydrogen-bond donors (Lipinski definition) is 3. The third-order valence-electron chi connectivity index (χ3n) is 7.79. The predicted octanol–water partition coefficient (Wildman–Crippen LogP) is 5.96. The molecule has 40 heavy (non-hydrogen) atoms. The number of aliphatic hydroxyl groups excluding tert-OH is 1. The number of nitrogens with one attached hydrogen (secondary N) is 1. The van der Waals surface area contributed by atoms with Crippen molar-refractivity contribution in [3.8, 4) is 0 Å². The molecule has 2 saturated heterocycles. The van der Waals surface area contributed by atoms with Gasteiger partial charge in [-0.2, -0.15) is 0 Å². The van der Waals surface area contributed by atoms with Gasteiger partial charge < -0.3 is 29.9 Å². The van der Waals surface area contributed by atoms with E-state index in [-0.39, 0.29) is 31.1 Å². The molecule has 218 valence electrons. The molecule has 2 fully saturated rings. The molecule has 2 aromatic rings. The van der Waals surface area contributed by atoms with E-state index >= 15 is 0 Å². The number of amides is 1. The van der Waals surface area contributed by atoms with Crippen molar-refractivity contribution in [2.45, 2.75) is 95.7 Å². The Bertz CT molecular complexity index is 1050. The van der Waals surface area contributed by atoms with Crippen molar-refractivity contribution in [1.82, 2.24) is 4.90 Å². The van der Waals surface area contributed by atoms with E-state index in [1.165, 1.54) is 32.1 Å². The van der Waals surface area contributed by atoms with Gasteiger partial charge in [0, 0.05) is 37.1 Å². The van der Waals surface area contributed by atoms with Crippen LogP contribution in [0.5, 0.6) is 0 Å². The fraction of sp³-hybridized carbons (Fsp3) is 0.562. The highest BCUT2D eigenvalue weighted by atomic mass is 16.7. The van der Waals surface area contributed by atoms with E-state index in [0.29, 0.717) is 24.9 Å². The van der Waals surface area contributed by atoms with Crippen molar-refractivity contribution in [3.05, 3.63) is 65.2 Å². The number of unbranched alkanes of at least 4 members (excludes halogenated alkanes) is 2. The van der Waals surface area contributed by atoms with Crippen LogP contribution in [0.2, 0.25) is 0 Å². The molecule has 2 aromatic carbocycles. The number of aliphatic carboxylic acids is 1. The number of benzene rings is 2. The van der Waals surface area contributed by atoms with Gasteiger partial charge in [0.15, 0.2) is 6.29 Å². The van der Waals surface area contributed by atoms with Gasteiger partial charge in [-0.25, -0.2) is 0 Å². The Morgan fingerprint density at radius 2 is 1.48 bits per heavy atom. The van der Waals surface area contributed by atoms with Crippen molar-refractivity contribution in [2.75, 3.05) is 25.0 Å². The molecular weight excluding hydrogens is 508 g/mol.